The van der Waals surface area contributed by atoms with Gasteiger partial charge in [0.25, 0.3) is 0 Å². The molecule has 0 aliphatic carbocycles. The second kappa shape index (κ2) is 13.1. The normalized spacial score (nSPS) is 12.3. The minimum Gasteiger partial charge on any atom is -0.497 e. The fraction of sp³-hybridized carbons (Fsp3) is 0.0833. The van der Waals surface area contributed by atoms with E-state index in [-0.39, 0.29) is 9.81 Å². The van der Waals surface area contributed by atoms with Gasteiger partial charge in [-0.15, -0.1) is 0 Å². The first kappa shape index (κ1) is 24.9. The van der Waals surface area contributed by atoms with Gasteiger partial charge < -0.3 is 19.7 Å². The molecule has 166 valence electrons. The molecule has 0 spiro atoms. The van der Waals surface area contributed by atoms with Crippen LogP contribution in [-0.4, -0.2) is 36.4 Å². The van der Waals surface area contributed by atoms with E-state index in [2.05, 4.69) is 0 Å². The first-order valence-electron chi connectivity index (χ1n) is 9.29. The monoisotopic (exact) mass is 470 g/mol. The first-order chi connectivity index (χ1) is 15.4. The molecule has 0 saturated heterocycles. The molecule has 2 aromatic carbocycles. The predicted molar refractivity (Wildman–Crippen MR) is 131 cm³/mol. The highest BCUT2D eigenvalue weighted by molar-refractivity contribution is 8.80. The van der Waals surface area contributed by atoms with Crippen LogP contribution in [0.3, 0.4) is 0 Å². The number of carbonyl (C=O) groups is 2. The van der Waals surface area contributed by atoms with E-state index in [0.717, 1.165) is 44.2 Å². The molecule has 8 heteroatoms. The maximum Gasteiger partial charge on any atom is 0.343 e. The second-order valence-corrected chi connectivity index (χ2v) is 8.32. The van der Waals surface area contributed by atoms with Crippen LogP contribution in [-0.2, 0) is 9.59 Å². The maximum atomic E-state index is 11.5. The van der Waals surface area contributed by atoms with E-state index < -0.39 is 11.9 Å². The van der Waals surface area contributed by atoms with Gasteiger partial charge in [-0.25, -0.2) is 9.59 Å². The zero-order valence-electron chi connectivity index (χ0n) is 17.4. The Morgan fingerprint density at radius 1 is 0.688 bits per heavy atom. The molecular formula is C24H22O6S2. The molecule has 0 aliphatic rings. The average molecular weight is 471 g/mol. The highest BCUT2D eigenvalue weighted by Gasteiger charge is 2.13. The zero-order chi connectivity index (χ0) is 23.3. The molecule has 32 heavy (non-hydrogen) atoms. The fourth-order valence-electron chi connectivity index (χ4n) is 2.28. The number of rotatable bonds is 11. The van der Waals surface area contributed by atoms with Crippen LogP contribution in [0.4, 0.5) is 0 Å². The van der Waals surface area contributed by atoms with E-state index in [4.69, 9.17) is 9.47 Å². The summed E-state index contributed by atoms with van der Waals surface area (Å²) < 4.78 is 10.2. The van der Waals surface area contributed by atoms with Crippen molar-refractivity contribution in [3.63, 3.8) is 0 Å². The number of benzene rings is 2. The molecule has 2 rings (SSSR count). The van der Waals surface area contributed by atoms with Crippen molar-refractivity contribution >= 4 is 45.7 Å². The van der Waals surface area contributed by atoms with Crippen molar-refractivity contribution in [2.45, 2.75) is 0 Å². The maximum absolute atomic E-state index is 11.5. The Kier molecular flexibility index (Phi) is 10.2. The zero-order valence-corrected chi connectivity index (χ0v) is 19.1. The summed E-state index contributed by atoms with van der Waals surface area (Å²) in [5.74, 6) is -0.824. The van der Waals surface area contributed by atoms with Crippen LogP contribution in [0.1, 0.15) is 11.1 Å². The van der Waals surface area contributed by atoms with Crippen LogP contribution in [0.5, 0.6) is 11.5 Å². The van der Waals surface area contributed by atoms with Crippen LogP contribution in [0, 0.1) is 0 Å². The van der Waals surface area contributed by atoms with Gasteiger partial charge in [0.2, 0.25) is 0 Å². The molecule has 0 unspecified atom stereocenters. The Bertz CT molecular complexity index is 950. The molecule has 0 amide bonds. The summed E-state index contributed by atoms with van der Waals surface area (Å²) in [7, 11) is 4.89. The highest BCUT2D eigenvalue weighted by Crippen LogP contribution is 2.36. The van der Waals surface area contributed by atoms with Crippen LogP contribution in [0.2, 0.25) is 0 Å². The molecule has 0 fully saturated rings. The lowest BCUT2D eigenvalue weighted by molar-refractivity contribution is -0.132. The number of hydrogen-bond donors (Lipinski definition) is 2. The van der Waals surface area contributed by atoms with E-state index in [0.29, 0.717) is 0 Å². The molecule has 2 aromatic rings. The average Bonchev–Trinajstić information content (AvgIpc) is 2.80. The Morgan fingerprint density at radius 3 is 1.31 bits per heavy atom. The molecule has 0 aliphatic heterocycles. The fourth-order valence-corrected chi connectivity index (χ4v) is 4.17. The van der Waals surface area contributed by atoms with Crippen LogP contribution < -0.4 is 9.47 Å². The van der Waals surface area contributed by atoms with Gasteiger partial charge in [-0.2, -0.15) is 0 Å². The summed E-state index contributed by atoms with van der Waals surface area (Å²) in [4.78, 5) is 23.0. The van der Waals surface area contributed by atoms with E-state index >= 15 is 0 Å². The van der Waals surface area contributed by atoms with Gasteiger partial charge in [-0.3, -0.25) is 0 Å². The van der Waals surface area contributed by atoms with Crippen molar-refractivity contribution in [2.75, 3.05) is 14.2 Å². The number of carboxylic acids is 2. The Balaban J connectivity index is 2.04. The number of carboxylic acid groups (broad SMARTS) is 2. The summed E-state index contributed by atoms with van der Waals surface area (Å²) in [5.41, 5.74) is 1.75. The summed E-state index contributed by atoms with van der Waals surface area (Å²) in [6, 6.07) is 14.6. The van der Waals surface area contributed by atoms with Crippen molar-refractivity contribution in [2.24, 2.45) is 0 Å². The van der Waals surface area contributed by atoms with E-state index in [1.54, 1.807) is 62.8 Å². The largest absolute Gasteiger partial charge is 0.497 e. The summed E-state index contributed by atoms with van der Waals surface area (Å²) in [6.07, 6.45) is 9.56. The molecule has 0 atom stereocenters. The molecular weight excluding hydrogens is 448 g/mol. The van der Waals surface area contributed by atoms with Crippen LogP contribution in [0.15, 0.2) is 82.6 Å². The number of aliphatic carboxylic acids is 2. The van der Waals surface area contributed by atoms with Crippen molar-refractivity contribution in [1.82, 2.24) is 0 Å². The third-order valence-electron chi connectivity index (χ3n) is 3.95. The molecule has 0 aromatic heterocycles. The number of methoxy groups -OCH3 is 2. The van der Waals surface area contributed by atoms with Gasteiger partial charge >= 0.3 is 11.9 Å². The van der Waals surface area contributed by atoms with E-state index in [1.807, 2.05) is 24.3 Å². The van der Waals surface area contributed by atoms with Crippen LogP contribution >= 0.6 is 21.6 Å². The lowest BCUT2D eigenvalue weighted by atomic mass is 10.2. The molecule has 0 bridgehead atoms. The van der Waals surface area contributed by atoms with Gasteiger partial charge in [0.05, 0.1) is 14.2 Å². The quantitative estimate of drug-likeness (QED) is 0.244. The Hall–Kier alpha value is -3.36. The van der Waals surface area contributed by atoms with Gasteiger partial charge in [0.15, 0.2) is 0 Å². The minimum atomic E-state index is -1.14. The molecule has 6 nitrogen and oxygen atoms in total. The third-order valence-corrected chi connectivity index (χ3v) is 6.34. The Labute approximate surface area is 194 Å². The summed E-state index contributed by atoms with van der Waals surface area (Å²) >= 11 is 0. The number of hydrogen-bond acceptors (Lipinski definition) is 6. The van der Waals surface area contributed by atoms with E-state index in [9.17, 15) is 19.8 Å². The van der Waals surface area contributed by atoms with Crippen LogP contribution in [0.25, 0.3) is 12.2 Å². The first-order valence-corrected chi connectivity index (χ1v) is 11.4. The summed E-state index contributed by atoms with van der Waals surface area (Å²) in [5, 5.41) is 18.8. The topological polar surface area (TPSA) is 93.1 Å². The summed E-state index contributed by atoms with van der Waals surface area (Å²) in [6.45, 7) is 0. The molecule has 2 N–H and O–H groups in total. The Morgan fingerprint density at radius 2 is 1.03 bits per heavy atom. The van der Waals surface area contributed by atoms with Gasteiger partial charge in [-0.1, -0.05) is 48.6 Å². The highest BCUT2D eigenvalue weighted by atomic mass is 33.1. The second-order valence-electron chi connectivity index (χ2n) is 6.10. The van der Waals surface area contributed by atoms with Crippen molar-refractivity contribution in [3.8, 4) is 11.5 Å². The van der Waals surface area contributed by atoms with Crippen molar-refractivity contribution in [3.05, 3.63) is 93.8 Å². The third kappa shape index (κ3) is 8.41. The predicted octanol–water partition coefficient (Wildman–Crippen LogP) is 5.75. The van der Waals surface area contributed by atoms with Gasteiger partial charge in [-0.05, 0) is 69.1 Å². The van der Waals surface area contributed by atoms with Crippen molar-refractivity contribution in [1.29, 1.82) is 0 Å². The number of allylic oxidation sites excluding steroid dienone is 4. The molecule has 0 radical (unpaired) electrons. The van der Waals surface area contributed by atoms with Gasteiger partial charge in [0, 0.05) is 0 Å². The smallest absolute Gasteiger partial charge is 0.343 e. The van der Waals surface area contributed by atoms with E-state index in [1.165, 1.54) is 12.2 Å². The number of ether oxygens (including phenoxy) is 2. The van der Waals surface area contributed by atoms with Gasteiger partial charge in [0.1, 0.15) is 21.3 Å². The minimum absolute atomic E-state index is 0.00560. The SMILES string of the molecule is COc1ccc(/C=C/C=C(\SS/C(=C\C=C\c2ccc(OC)cc2)C(=O)O)C(=O)O)cc1. The van der Waals surface area contributed by atoms with Crippen molar-refractivity contribution < 1.29 is 29.3 Å². The molecule has 0 saturated carbocycles. The standard InChI is InChI=1S/C24H22O6S2/c1-29-19-13-9-17(10-14-19)5-3-7-21(23(25)26)31-32-22(24(27)28)8-4-6-18-11-15-20(30-2)16-12-18/h3-16H,1-2H3,(H,25,26)(H,27,28)/b5-3+,6-4+,21-7-,22-8-. The molecule has 0 heterocycles. The lowest BCUT2D eigenvalue weighted by Gasteiger charge is -2.02. The lowest BCUT2D eigenvalue weighted by Crippen LogP contribution is -1.98.